The van der Waals surface area contributed by atoms with Crippen LogP contribution >= 0.6 is 0 Å². The molecule has 0 atom stereocenters. The molecule has 2 aromatic rings. The molecule has 1 aromatic carbocycles. The largest absolute Gasteiger partial charge is 0.300 e. The Morgan fingerprint density at radius 2 is 2.03 bits per heavy atom. The van der Waals surface area contributed by atoms with Gasteiger partial charge < -0.3 is 0 Å². The molecule has 0 spiro atoms. The highest BCUT2D eigenvalue weighted by molar-refractivity contribution is 6.00. The molecule has 0 bridgehead atoms. The molecule has 0 radical (unpaired) electrons. The van der Waals surface area contributed by atoms with Crippen LogP contribution in [0.1, 0.15) is 18.9 Å². The highest BCUT2D eigenvalue weighted by Crippen LogP contribution is 2.29. The Balaban J connectivity index is 1.46. The maximum atomic E-state index is 13.2. The van der Waals surface area contributed by atoms with Gasteiger partial charge in [0.05, 0.1) is 5.52 Å². The Hall–Kier alpha value is -3.44. The molecule has 5 rings (SSSR count). The molecule has 31 heavy (non-hydrogen) atoms. The monoisotopic (exact) mass is 410 g/mol. The number of aryl methyl sites for hydroxylation is 1. The second-order valence-electron chi connectivity index (χ2n) is 8.13. The van der Waals surface area contributed by atoms with E-state index in [1.807, 2.05) is 60.6 Å². The van der Waals surface area contributed by atoms with Crippen molar-refractivity contribution in [2.75, 3.05) is 19.6 Å². The summed E-state index contributed by atoms with van der Waals surface area (Å²) in [5.41, 5.74) is 6.18. The van der Waals surface area contributed by atoms with Crippen molar-refractivity contribution in [2.45, 2.75) is 13.3 Å². The van der Waals surface area contributed by atoms with E-state index in [1.165, 1.54) is 5.57 Å². The molecule has 3 aliphatic heterocycles. The average Bonchev–Trinajstić information content (AvgIpc) is 3.16. The molecule has 1 amide bonds. The lowest BCUT2D eigenvalue weighted by molar-refractivity contribution is -0.122. The first kappa shape index (κ1) is 19.5. The maximum absolute atomic E-state index is 13.2. The molecule has 3 aliphatic rings. The van der Waals surface area contributed by atoms with Gasteiger partial charge in [-0.25, -0.2) is 0 Å². The van der Waals surface area contributed by atoms with Crippen molar-refractivity contribution in [3.05, 3.63) is 95.5 Å². The fraction of sp³-hybridized carbons (Fsp3) is 0.231. The third-order valence-corrected chi connectivity index (χ3v) is 6.10. The van der Waals surface area contributed by atoms with Crippen molar-refractivity contribution in [3.63, 3.8) is 0 Å². The summed E-state index contributed by atoms with van der Waals surface area (Å²) in [4.78, 5) is 17.4. The average molecular weight is 411 g/mol. The number of rotatable bonds is 3. The lowest BCUT2D eigenvalue weighted by Crippen LogP contribution is -2.30. The van der Waals surface area contributed by atoms with E-state index in [-0.39, 0.29) is 5.91 Å². The van der Waals surface area contributed by atoms with Crippen LogP contribution in [0.25, 0.3) is 16.5 Å². The van der Waals surface area contributed by atoms with E-state index < -0.39 is 0 Å². The highest BCUT2D eigenvalue weighted by atomic mass is 16.2. The maximum Gasteiger partial charge on any atom is 0.255 e. The molecule has 5 nitrogen and oxygen atoms in total. The van der Waals surface area contributed by atoms with E-state index in [1.54, 1.807) is 11.0 Å². The Kier molecular flexibility index (Phi) is 5.04. The standard InChI is InChI=1S/C26H26N4O/c1-3-29-13-11-19(12-14-29)22-7-9-24-6-4-5-20(16-26(31)30(24)18-22)21-8-10-25-23(15-21)17-28(2)27-25/h4-11,15-18H,3,12-14H2,1-2H3/b5-4+,20-16+,24-6?. The molecule has 0 saturated heterocycles. The van der Waals surface area contributed by atoms with Gasteiger partial charge in [0, 0.05) is 49.7 Å². The fourth-order valence-corrected chi connectivity index (χ4v) is 4.30. The van der Waals surface area contributed by atoms with Gasteiger partial charge in [0.1, 0.15) is 0 Å². The minimum atomic E-state index is -0.0367. The van der Waals surface area contributed by atoms with Gasteiger partial charge in [0.15, 0.2) is 0 Å². The van der Waals surface area contributed by atoms with E-state index >= 15 is 0 Å². The molecule has 0 N–H and O–H groups in total. The molecule has 0 fully saturated rings. The molecule has 1 aromatic heterocycles. The van der Waals surface area contributed by atoms with Gasteiger partial charge in [-0.1, -0.05) is 37.3 Å². The van der Waals surface area contributed by atoms with Crippen LogP contribution in [0.2, 0.25) is 0 Å². The number of carbonyl (C=O) groups is 1. The van der Waals surface area contributed by atoms with Crippen LogP contribution in [0.15, 0.2) is 90.0 Å². The quantitative estimate of drug-likeness (QED) is 0.756. The summed E-state index contributed by atoms with van der Waals surface area (Å²) in [5.74, 6) is -0.0367. The second kappa shape index (κ2) is 8.00. The van der Waals surface area contributed by atoms with Gasteiger partial charge in [0.2, 0.25) is 0 Å². The smallest absolute Gasteiger partial charge is 0.255 e. The summed E-state index contributed by atoms with van der Waals surface area (Å²) in [7, 11) is 1.92. The zero-order valence-electron chi connectivity index (χ0n) is 18.0. The van der Waals surface area contributed by atoms with Gasteiger partial charge in [0.25, 0.3) is 5.91 Å². The highest BCUT2D eigenvalue weighted by Gasteiger charge is 2.21. The van der Waals surface area contributed by atoms with Crippen molar-refractivity contribution in [1.29, 1.82) is 0 Å². The summed E-state index contributed by atoms with van der Waals surface area (Å²) < 4.78 is 1.81. The second-order valence-corrected chi connectivity index (χ2v) is 8.13. The van der Waals surface area contributed by atoms with E-state index in [2.05, 4.69) is 35.1 Å². The minimum Gasteiger partial charge on any atom is -0.300 e. The molecular formula is C26H26N4O. The number of benzene rings is 1. The van der Waals surface area contributed by atoms with Gasteiger partial charge in [-0.05, 0) is 59.5 Å². The van der Waals surface area contributed by atoms with E-state index in [0.29, 0.717) is 0 Å². The summed E-state index contributed by atoms with van der Waals surface area (Å²) >= 11 is 0. The van der Waals surface area contributed by atoms with Gasteiger partial charge in [-0.2, -0.15) is 5.10 Å². The molecule has 0 saturated carbocycles. The summed E-state index contributed by atoms with van der Waals surface area (Å²) in [6.45, 7) is 5.30. The molecule has 0 aliphatic carbocycles. The number of hydrogen-bond donors (Lipinski definition) is 0. The van der Waals surface area contributed by atoms with Gasteiger partial charge in [-0.3, -0.25) is 19.3 Å². The topological polar surface area (TPSA) is 41.4 Å². The minimum absolute atomic E-state index is 0.0367. The van der Waals surface area contributed by atoms with E-state index in [4.69, 9.17) is 0 Å². The third-order valence-electron chi connectivity index (χ3n) is 6.10. The molecule has 156 valence electrons. The van der Waals surface area contributed by atoms with Crippen LogP contribution in [-0.4, -0.2) is 45.1 Å². The number of nitrogens with zero attached hydrogens (tertiary/aromatic N) is 4. The number of amides is 1. The van der Waals surface area contributed by atoms with E-state index in [0.717, 1.165) is 59.4 Å². The van der Waals surface area contributed by atoms with Crippen LogP contribution in [0, 0.1) is 0 Å². The van der Waals surface area contributed by atoms with Crippen molar-refractivity contribution < 1.29 is 4.79 Å². The molecule has 0 unspecified atom stereocenters. The number of carbonyl (C=O) groups excluding carboxylic acids is 1. The van der Waals surface area contributed by atoms with Crippen molar-refractivity contribution >= 4 is 22.4 Å². The Morgan fingerprint density at radius 3 is 2.84 bits per heavy atom. The first-order valence-electron chi connectivity index (χ1n) is 10.8. The third kappa shape index (κ3) is 3.84. The zero-order chi connectivity index (χ0) is 21.4. The summed E-state index contributed by atoms with van der Waals surface area (Å²) in [6.07, 6.45) is 19.2. The lowest BCUT2D eigenvalue weighted by Gasteiger charge is -2.28. The summed E-state index contributed by atoms with van der Waals surface area (Å²) in [6, 6.07) is 6.11. The number of allylic oxidation sites excluding steroid dienone is 7. The lowest BCUT2D eigenvalue weighted by atomic mass is 9.96. The predicted molar refractivity (Wildman–Crippen MR) is 125 cm³/mol. The van der Waals surface area contributed by atoms with Crippen LogP contribution in [-0.2, 0) is 11.8 Å². The molecule has 5 heteroatoms. The Bertz CT molecular complexity index is 1240. The van der Waals surface area contributed by atoms with Crippen LogP contribution < -0.4 is 0 Å². The van der Waals surface area contributed by atoms with Crippen molar-refractivity contribution in [2.24, 2.45) is 7.05 Å². The molecule has 4 heterocycles. The summed E-state index contributed by atoms with van der Waals surface area (Å²) in [5, 5.41) is 5.50. The Labute approximate surface area is 182 Å². The predicted octanol–water partition coefficient (Wildman–Crippen LogP) is 4.34. The van der Waals surface area contributed by atoms with Gasteiger partial charge in [-0.15, -0.1) is 0 Å². The Morgan fingerprint density at radius 1 is 1.13 bits per heavy atom. The number of fused-ring (bicyclic) bond motifs is 2. The van der Waals surface area contributed by atoms with E-state index in [9.17, 15) is 4.79 Å². The molecular weight excluding hydrogens is 384 g/mol. The fourth-order valence-electron chi connectivity index (χ4n) is 4.30. The van der Waals surface area contributed by atoms with Gasteiger partial charge >= 0.3 is 0 Å². The normalized spacial score (nSPS) is 22.1. The van der Waals surface area contributed by atoms with Crippen molar-refractivity contribution in [1.82, 2.24) is 19.6 Å². The van der Waals surface area contributed by atoms with Crippen LogP contribution in [0.5, 0.6) is 0 Å². The van der Waals surface area contributed by atoms with Crippen molar-refractivity contribution in [3.8, 4) is 0 Å². The number of likely N-dealkylation sites (N-methyl/N-ethyl adjacent to an activating group) is 1. The zero-order valence-corrected chi connectivity index (χ0v) is 18.0. The number of hydrogen-bond acceptors (Lipinski definition) is 3. The van der Waals surface area contributed by atoms with Crippen LogP contribution in [0.3, 0.4) is 0 Å². The first-order valence-corrected chi connectivity index (χ1v) is 10.8. The first-order chi connectivity index (χ1) is 15.1. The number of aromatic nitrogens is 2. The SMILES string of the molecule is CCN1CC=C(C2=CN3C(=O)/C=C(c4ccc5nn(C)cc5c4)\C=C\C=C3C=C2)CC1. The van der Waals surface area contributed by atoms with Crippen LogP contribution in [0.4, 0.5) is 0 Å².